The maximum atomic E-state index is 4.07. The van der Waals surface area contributed by atoms with Gasteiger partial charge in [0.15, 0.2) is 0 Å². The lowest BCUT2D eigenvalue weighted by Gasteiger charge is -2.19. The zero-order valence-electron chi connectivity index (χ0n) is 7.39. The van der Waals surface area contributed by atoms with Gasteiger partial charge in [-0.05, 0) is 25.5 Å². The second-order valence-electron chi connectivity index (χ2n) is 3.18. The van der Waals surface area contributed by atoms with Crippen molar-refractivity contribution in [1.82, 2.24) is 4.98 Å². The molecule has 0 saturated heterocycles. The van der Waals surface area contributed by atoms with Gasteiger partial charge in [0.25, 0.3) is 0 Å². The molecule has 62 valence electrons. The van der Waals surface area contributed by atoms with Crippen molar-refractivity contribution in [3.05, 3.63) is 29.6 Å². The Morgan fingerprint density at radius 2 is 2.25 bits per heavy atom. The van der Waals surface area contributed by atoms with Crippen LogP contribution in [0, 0.1) is 0 Å². The molecule has 2 heterocycles. The van der Waals surface area contributed by atoms with Crippen molar-refractivity contribution >= 4 is 11.3 Å². The van der Waals surface area contributed by atoms with Crippen LogP contribution in [0.4, 0.5) is 5.69 Å². The summed E-state index contributed by atoms with van der Waals surface area (Å²) in [7, 11) is 0. The highest BCUT2D eigenvalue weighted by atomic mass is 14.9. The number of anilines is 1. The van der Waals surface area contributed by atoms with Gasteiger partial charge in [0.1, 0.15) is 0 Å². The van der Waals surface area contributed by atoms with Crippen LogP contribution >= 0.6 is 0 Å². The van der Waals surface area contributed by atoms with Crippen LogP contribution in [0.1, 0.15) is 19.4 Å². The number of hydrogen-bond donors (Lipinski definition) is 1. The molecule has 2 heteroatoms. The van der Waals surface area contributed by atoms with Crippen LogP contribution in [-0.2, 0) is 0 Å². The van der Waals surface area contributed by atoms with Gasteiger partial charge >= 0.3 is 0 Å². The minimum absolute atomic E-state index is 0.949. The Morgan fingerprint density at radius 1 is 1.42 bits per heavy atom. The fourth-order valence-electron chi connectivity index (χ4n) is 1.45. The van der Waals surface area contributed by atoms with E-state index in [9.17, 15) is 0 Å². The topological polar surface area (TPSA) is 24.9 Å². The van der Waals surface area contributed by atoms with E-state index in [2.05, 4.69) is 30.2 Å². The molecule has 0 spiro atoms. The Bertz CT molecular complexity index is 339. The third-order valence-electron chi connectivity index (χ3n) is 2.41. The van der Waals surface area contributed by atoms with E-state index >= 15 is 0 Å². The lowest BCUT2D eigenvalue weighted by atomic mass is 9.99. The van der Waals surface area contributed by atoms with Gasteiger partial charge in [-0.15, -0.1) is 0 Å². The van der Waals surface area contributed by atoms with Gasteiger partial charge in [0, 0.05) is 18.3 Å². The summed E-state index contributed by atoms with van der Waals surface area (Å²) >= 11 is 0. The van der Waals surface area contributed by atoms with Gasteiger partial charge in [0.05, 0.1) is 11.9 Å². The molecule has 1 aliphatic heterocycles. The average Bonchev–Trinajstić information content (AvgIpc) is 2.12. The summed E-state index contributed by atoms with van der Waals surface area (Å²) in [6.45, 7) is 5.27. The molecule has 0 unspecified atom stereocenters. The Kier molecular flexibility index (Phi) is 1.61. The molecule has 1 aliphatic rings. The molecule has 0 bridgehead atoms. The lowest BCUT2D eigenvalue weighted by Crippen LogP contribution is -2.11. The SMILES string of the molecule is CC1=C(C)c2ccncc2NC1. The van der Waals surface area contributed by atoms with Crippen LogP contribution in [0.25, 0.3) is 5.57 Å². The van der Waals surface area contributed by atoms with E-state index < -0.39 is 0 Å². The van der Waals surface area contributed by atoms with Crippen LogP contribution in [0.3, 0.4) is 0 Å². The maximum absolute atomic E-state index is 4.07. The monoisotopic (exact) mass is 160 g/mol. The molecule has 0 fully saturated rings. The molecule has 1 N–H and O–H groups in total. The molecule has 0 aliphatic carbocycles. The molecule has 0 amide bonds. The van der Waals surface area contributed by atoms with Crippen molar-refractivity contribution in [3.63, 3.8) is 0 Å². The van der Waals surface area contributed by atoms with Gasteiger partial charge in [-0.1, -0.05) is 5.57 Å². The fourth-order valence-corrected chi connectivity index (χ4v) is 1.45. The molecular formula is C10H12N2. The summed E-state index contributed by atoms with van der Waals surface area (Å²) in [5.74, 6) is 0. The van der Waals surface area contributed by atoms with Crippen molar-refractivity contribution in [2.24, 2.45) is 0 Å². The van der Waals surface area contributed by atoms with E-state index in [0.717, 1.165) is 12.2 Å². The highest BCUT2D eigenvalue weighted by Gasteiger charge is 2.11. The number of aromatic nitrogens is 1. The standard InChI is InChI=1S/C10H12N2/c1-7-5-12-10-6-11-4-3-9(10)8(7)2/h3-4,6,12H,5H2,1-2H3. The molecule has 0 saturated carbocycles. The summed E-state index contributed by atoms with van der Waals surface area (Å²) in [5.41, 5.74) is 5.23. The van der Waals surface area contributed by atoms with Crippen LogP contribution in [0.5, 0.6) is 0 Å². The van der Waals surface area contributed by atoms with Gasteiger partial charge < -0.3 is 5.32 Å². The van der Waals surface area contributed by atoms with Crippen LogP contribution in [-0.4, -0.2) is 11.5 Å². The average molecular weight is 160 g/mol. The van der Waals surface area contributed by atoms with Crippen molar-refractivity contribution < 1.29 is 0 Å². The third kappa shape index (κ3) is 0.998. The molecule has 2 rings (SSSR count). The lowest BCUT2D eigenvalue weighted by molar-refractivity contribution is 1.15. The highest BCUT2D eigenvalue weighted by Crippen LogP contribution is 2.28. The molecule has 12 heavy (non-hydrogen) atoms. The summed E-state index contributed by atoms with van der Waals surface area (Å²) < 4.78 is 0. The summed E-state index contributed by atoms with van der Waals surface area (Å²) in [6, 6.07) is 2.06. The number of rotatable bonds is 0. The first-order chi connectivity index (χ1) is 5.79. The van der Waals surface area contributed by atoms with Gasteiger partial charge in [-0.25, -0.2) is 0 Å². The van der Waals surface area contributed by atoms with Crippen LogP contribution in [0.15, 0.2) is 24.0 Å². The first-order valence-electron chi connectivity index (χ1n) is 4.13. The van der Waals surface area contributed by atoms with Gasteiger partial charge in [-0.3, -0.25) is 4.98 Å². The second-order valence-corrected chi connectivity index (χ2v) is 3.18. The Morgan fingerprint density at radius 3 is 3.08 bits per heavy atom. The Hall–Kier alpha value is -1.31. The quantitative estimate of drug-likeness (QED) is 0.630. The van der Waals surface area contributed by atoms with Gasteiger partial charge in [-0.2, -0.15) is 0 Å². The van der Waals surface area contributed by atoms with E-state index in [0.29, 0.717) is 0 Å². The molecule has 0 atom stereocenters. The number of allylic oxidation sites excluding steroid dienone is 1. The van der Waals surface area contributed by atoms with Crippen LogP contribution < -0.4 is 5.32 Å². The van der Waals surface area contributed by atoms with Crippen molar-refractivity contribution in [3.8, 4) is 0 Å². The molecule has 1 aromatic heterocycles. The summed E-state index contributed by atoms with van der Waals surface area (Å²) in [4.78, 5) is 4.07. The predicted octanol–water partition coefficient (Wildman–Crippen LogP) is 2.30. The molecule has 2 nitrogen and oxygen atoms in total. The first kappa shape index (κ1) is 7.35. The van der Waals surface area contributed by atoms with Gasteiger partial charge in [0.2, 0.25) is 0 Å². The fraction of sp³-hybridized carbons (Fsp3) is 0.300. The number of pyridine rings is 1. The van der Waals surface area contributed by atoms with E-state index in [1.54, 1.807) is 0 Å². The third-order valence-corrected chi connectivity index (χ3v) is 2.41. The summed E-state index contributed by atoms with van der Waals surface area (Å²) in [6.07, 6.45) is 3.72. The minimum atomic E-state index is 0.949. The molecule has 1 aromatic rings. The Labute approximate surface area is 72.3 Å². The second kappa shape index (κ2) is 2.63. The number of nitrogens with zero attached hydrogens (tertiary/aromatic N) is 1. The van der Waals surface area contributed by atoms with E-state index in [1.807, 2.05) is 12.4 Å². The zero-order valence-corrected chi connectivity index (χ0v) is 7.39. The number of fused-ring (bicyclic) bond motifs is 1. The van der Waals surface area contributed by atoms with Crippen molar-refractivity contribution in [2.75, 3.05) is 11.9 Å². The first-order valence-corrected chi connectivity index (χ1v) is 4.13. The maximum Gasteiger partial charge on any atom is 0.0605 e. The number of hydrogen-bond acceptors (Lipinski definition) is 2. The molecule has 0 aromatic carbocycles. The number of nitrogens with one attached hydrogen (secondary N) is 1. The van der Waals surface area contributed by atoms with E-state index in [1.165, 1.54) is 16.7 Å². The molecule has 0 radical (unpaired) electrons. The highest BCUT2D eigenvalue weighted by molar-refractivity contribution is 5.79. The van der Waals surface area contributed by atoms with E-state index in [4.69, 9.17) is 0 Å². The normalized spacial score (nSPS) is 15.5. The molecular weight excluding hydrogens is 148 g/mol. The minimum Gasteiger partial charge on any atom is -0.380 e. The Balaban J connectivity index is 2.59. The summed E-state index contributed by atoms with van der Waals surface area (Å²) in [5, 5.41) is 3.32. The zero-order chi connectivity index (χ0) is 8.55. The predicted molar refractivity (Wildman–Crippen MR) is 51.0 cm³/mol. The van der Waals surface area contributed by atoms with Crippen molar-refractivity contribution in [1.29, 1.82) is 0 Å². The van der Waals surface area contributed by atoms with Crippen molar-refractivity contribution in [2.45, 2.75) is 13.8 Å². The van der Waals surface area contributed by atoms with Crippen LogP contribution in [0.2, 0.25) is 0 Å². The largest absolute Gasteiger partial charge is 0.380 e. The smallest absolute Gasteiger partial charge is 0.0605 e. The van der Waals surface area contributed by atoms with E-state index in [-0.39, 0.29) is 0 Å².